The van der Waals surface area contributed by atoms with E-state index in [-0.39, 0.29) is 11.9 Å². The average molecular weight is 370 g/mol. The second-order valence-corrected chi connectivity index (χ2v) is 6.80. The Kier molecular flexibility index (Phi) is 5.48. The van der Waals surface area contributed by atoms with Crippen molar-refractivity contribution in [2.45, 2.75) is 25.1 Å². The maximum Gasteiger partial charge on any atom is 0.263 e. The summed E-state index contributed by atoms with van der Waals surface area (Å²) in [5, 5.41) is 2.99. The van der Waals surface area contributed by atoms with Crippen molar-refractivity contribution in [1.82, 2.24) is 5.32 Å². The molecule has 0 saturated heterocycles. The van der Waals surface area contributed by atoms with Crippen molar-refractivity contribution in [3.05, 3.63) is 108 Å². The van der Waals surface area contributed by atoms with E-state index in [1.165, 1.54) is 0 Å². The van der Waals surface area contributed by atoms with E-state index in [1.54, 1.807) is 0 Å². The molecule has 3 aromatic rings. The predicted molar refractivity (Wildman–Crippen MR) is 110 cm³/mol. The Labute approximate surface area is 164 Å². The summed E-state index contributed by atoms with van der Waals surface area (Å²) in [6.45, 7) is 0.470. The molecule has 4 rings (SSSR count). The zero-order valence-corrected chi connectivity index (χ0v) is 15.5. The van der Waals surface area contributed by atoms with Crippen LogP contribution in [0.3, 0.4) is 0 Å². The maximum absolute atomic E-state index is 12.9. The summed E-state index contributed by atoms with van der Waals surface area (Å²) in [5.41, 5.74) is 3.08. The van der Waals surface area contributed by atoms with E-state index < -0.39 is 6.10 Å². The lowest BCUT2D eigenvalue weighted by Crippen LogP contribution is -2.41. The van der Waals surface area contributed by atoms with E-state index in [0.29, 0.717) is 18.9 Å². The van der Waals surface area contributed by atoms with Gasteiger partial charge in [-0.25, -0.2) is 4.99 Å². The summed E-state index contributed by atoms with van der Waals surface area (Å²) in [6, 6.07) is 29.4. The first-order chi connectivity index (χ1) is 13.8. The molecule has 2 atom stereocenters. The molecule has 0 fully saturated rings. The molecule has 3 aromatic carbocycles. The third-order valence-corrected chi connectivity index (χ3v) is 4.75. The van der Waals surface area contributed by atoms with E-state index >= 15 is 0 Å². The number of rotatable bonds is 6. The van der Waals surface area contributed by atoms with E-state index in [4.69, 9.17) is 9.73 Å². The van der Waals surface area contributed by atoms with Crippen molar-refractivity contribution in [1.29, 1.82) is 0 Å². The van der Waals surface area contributed by atoms with Crippen molar-refractivity contribution in [2.24, 2.45) is 4.99 Å². The molecule has 1 N–H and O–H groups in total. The molecule has 1 heterocycles. The maximum atomic E-state index is 12.9. The molecule has 0 aliphatic carbocycles. The van der Waals surface area contributed by atoms with Crippen molar-refractivity contribution in [2.75, 3.05) is 0 Å². The lowest BCUT2D eigenvalue weighted by Gasteiger charge is -2.17. The Bertz CT molecular complexity index is 940. The van der Waals surface area contributed by atoms with Crippen LogP contribution < -0.4 is 5.32 Å². The average Bonchev–Trinajstić information content (AvgIpc) is 3.18. The number of ether oxygens (including phenoxy) is 1. The van der Waals surface area contributed by atoms with Gasteiger partial charge in [0.1, 0.15) is 6.04 Å². The standard InChI is InChI=1S/C24H22N2O2/c27-23(25-17-19-12-6-2-7-13-19)22-21(16-18-10-4-1-5-11-18)26-24(28-22)20-14-8-3-9-15-20/h1-15,21-22H,16-17H2,(H,25,27). The third kappa shape index (κ3) is 4.29. The van der Waals surface area contributed by atoms with Crippen LogP contribution in [0.1, 0.15) is 16.7 Å². The highest BCUT2D eigenvalue weighted by molar-refractivity contribution is 5.98. The van der Waals surface area contributed by atoms with E-state index in [9.17, 15) is 4.79 Å². The van der Waals surface area contributed by atoms with Crippen molar-refractivity contribution >= 4 is 11.8 Å². The van der Waals surface area contributed by atoms with Crippen LogP contribution in [0.2, 0.25) is 0 Å². The number of hydrogen-bond acceptors (Lipinski definition) is 3. The molecular formula is C24H22N2O2. The van der Waals surface area contributed by atoms with Gasteiger partial charge in [-0.15, -0.1) is 0 Å². The predicted octanol–water partition coefficient (Wildman–Crippen LogP) is 3.76. The first-order valence-corrected chi connectivity index (χ1v) is 9.45. The van der Waals surface area contributed by atoms with Crippen LogP contribution in [0.5, 0.6) is 0 Å². The zero-order valence-electron chi connectivity index (χ0n) is 15.5. The number of carbonyl (C=O) groups is 1. The Morgan fingerprint density at radius 2 is 1.39 bits per heavy atom. The molecule has 2 unspecified atom stereocenters. The molecule has 4 heteroatoms. The van der Waals surface area contributed by atoms with Crippen LogP contribution in [0.15, 0.2) is 96.0 Å². The van der Waals surface area contributed by atoms with E-state index in [0.717, 1.165) is 16.7 Å². The minimum absolute atomic E-state index is 0.139. The largest absolute Gasteiger partial charge is 0.462 e. The SMILES string of the molecule is O=C(NCc1ccccc1)C1OC(c2ccccc2)=NC1Cc1ccccc1. The monoisotopic (exact) mass is 370 g/mol. The van der Waals surface area contributed by atoms with Gasteiger partial charge in [-0.2, -0.15) is 0 Å². The van der Waals surface area contributed by atoms with Crippen molar-refractivity contribution < 1.29 is 9.53 Å². The highest BCUT2D eigenvalue weighted by Crippen LogP contribution is 2.22. The topological polar surface area (TPSA) is 50.7 Å². The minimum Gasteiger partial charge on any atom is -0.462 e. The number of nitrogens with zero attached hydrogens (tertiary/aromatic N) is 1. The molecule has 0 bridgehead atoms. The van der Waals surface area contributed by atoms with Crippen LogP contribution in [-0.2, 0) is 22.5 Å². The van der Waals surface area contributed by atoms with Gasteiger partial charge in [0.15, 0.2) is 0 Å². The number of aliphatic imine (C=N–C) groups is 1. The van der Waals surface area contributed by atoms with Gasteiger partial charge in [-0.05, 0) is 29.7 Å². The van der Waals surface area contributed by atoms with Gasteiger partial charge < -0.3 is 10.1 Å². The number of carbonyl (C=O) groups excluding carboxylic acids is 1. The fraction of sp³-hybridized carbons (Fsp3) is 0.167. The molecule has 1 aliphatic heterocycles. The van der Waals surface area contributed by atoms with Crippen molar-refractivity contribution in [3.8, 4) is 0 Å². The van der Waals surface area contributed by atoms with Gasteiger partial charge in [0.05, 0.1) is 0 Å². The third-order valence-electron chi connectivity index (χ3n) is 4.75. The number of hydrogen-bond donors (Lipinski definition) is 1. The summed E-state index contributed by atoms with van der Waals surface area (Å²) >= 11 is 0. The van der Waals surface area contributed by atoms with Gasteiger partial charge in [0, 0.05) is 12.1 Å². The molecule has 0 spiro atoms. The highest BCUT2D eigenvalue weighted by Gasteiger charge is 2.37. The van der Waals surface area contributed by atoms with E-state index in [1.807, 2.05) is 78.9 Å². The smallest absolute Gasteiger partial charge is 0.263 e. The lowest BCUT2D eigenvalue weighted by atomic mass is 10.0. The quantitative estimate of drug-likeness (QED) is 0.718. The fourth-order valence-corrected chi connectivity index (χ4v) is 3.29. The Morgan fingerprint density at radius 1 is 0.821 bits per heavy atom. The van der Waals surface area contributed by atoms with E-state index in [2.05, 4.69) is 17.4 Å². The second-order valence-electron chi connectivity index (χ2n) is 6.80. The number of nitrogens with one attached hydrogen (secondary N) is 1. The summed E-state index contributed by atoms with van der Waals surface area (Å²) in [6.07, 6.45) is 0.0137. The van der Waals surface area contributed by atoms with Gasteiger partial charge in [0.2, 0.25) is 12.0 Å². The highest BCUT2D eigenvalue weighted by atomic mass is 16.5. The molecule has 0 radical (unpaired) electrons. The van der Waals surface area contributed by atoms with Gasteiger partial charge >= 0.3 is 0 Å². The molecular weight excluding hydrogens is 348 g/mol. The summed E-state index contributed by atoms with van der Waals surface area (Å²) in [7, 11) is 0. The van der Waals surface area contributed by atoms with Crippen LogP contribution >= 0.6 is 0 Å². The Hall–Kier alpha value is -3.40. The Balaban J connectivity index is 1.51. The molecule has 1 aliphatic rings. The normalized spacial score (nSPS) is 18.2. The first kappa shape index (κ1) is 18.0. The summed E-state index contributed by atoms with van der Waals surface area (Å²) in [5.74, 6) is 0.390. The molecule has 4 nitrogen and oxygen atoms in total. The fourth-order valence-electron chi connectivity index (χ4n) is 3.29. The molecule has 28 heavy (non-hydrogen) atoms. The zero-order chi connectivity index (χ0) is 19.2. The summed E-state index contributed by atoms with van der Waals surface area (Å²) in [4.78, 5) is 17.6. The molecule has 1 amide bonds. The first-order valence-electron chi connectivity index (χ1n) is 9.45. The van der Waals surface area contributed by atoms with Crippen LogP contribution in [0.4, 0.5) is 0 Å². The Morgan fingerprint density at radius 3 is 2.04 bits per heavy atom. The van der Waals surface area contributed by atoms with Crippen molar-refractivity contribution in [3.63, 3.8) is 0 Å². The molecule has 0 saturated carbocycles. The molecule has 140 valence electrons. The second kappa shape index (κ2) is 8.53. The van der Waals surface area contributed by atoms with Crippen LogP contribution in [0, 0.1) is 0 Å². The number of amides is 1. The minimum atomic E-state index is -0.640. The number of benzene rings is 3. The van der Waals surface area contributed by atoms with Gasteiger partial charge in [-0.1, -0.05) is 78.9 Å². The summed E-state index contributed by atoms with van der Waals surface area (Å²) < 4.78 is 6.02. The van der Waals surface area contributed by atoms with Crippen LogP contribution in [-0.4, -0.2) is 24.0 Å². The van der Waals surface area contributed by atoms with Gasteiger partial charge in [0.25, 0.3) is 5.91 Å². The van der Waals surface area contributed by atoms with Gasteiger partial charge in [-0.3, -0.25) is 4.79 Å². The molecule has 0 aromatic heterocycles. The lowest BCUT2D eigenvalue weighted by molar-refractivity contribution is -0.128. The van der Waals surface area contributed by atoms with Crippen LogP contribution in [0.25, 0.3) is 0 Å².